The molecule has 138 valence electrons. The Balaban J connectivity index is 3.24. The molecule has 0 spiro atoms. The van der Waals surface area contributed by atoms with Gasteiger partial charge in [0.2, 0.25) is 0 Å². The van der Waals surface area contributed by atoms with E-state index in [4.69, 9.17) is 4.74 Å². The highest BCUT2D eigenvalue weighted by molar-refractivity contribution is 4.81. The fraction of sp³-hybridized carbons (Fsp3) is 0.909. The van der Waals surface area contributed by atoms with Gasteiger partial charge in [0.25, 0.3) is 0 Å². The standard InChI is InChI=1S/C22H44O/c1-4-7-8-9-10-11-12-13-14-15-16-17-18-19-20-22(6-3)23-21-5-2/h13-14,22H,4-12,15-21H2,1-3H3/b14-13-. The average molecular weight is 325 g/mol. The van der Waals surface area contributed by atoms with Crippen LogP contribution in [0, 0.1) is 0 Å². The van der Waals surface area contributed by atoms with Crippen molar-refractivity contribution in [3.05, 3.63) is 12.2 Å². The third-order valence-electron chi connectivity index (χ3n) is 4.55. The molecule has 23 heavy (non-hydrogen) atoms. The van der Waals surface area contributed by atoms with Gasteiger partial charge in [0.05, 0.1) is 6.10 Å². The Morgan fingerprint density at radius 3 is 1.78 bits per heavy atom. The van der Waals surface area contributed by atoms with E-state index in [1.165, 1.54) is 89.9 Å². The molecule has 1 nitrogen and oxygen atoms in total. The minimum Gasteiger partial charge on any atom is -0.378 e. The lowest BCUT2D eigenvalue weighted by Gasteiger charge is -2.15. The van der Waals surface area contributed by atoms with Gasteiger partial charge in [-0.3, -0.25) is 0 Å². The molecule has 0 N–H and O–H groups in total. The van der Waals surface area contributed by atoms with Gasteiger partial charge < -0.3 is 4.74 Å². The first kappa shape index (κ1) is 22.7. The molecule has 0 aromatic carbocycles. The van der Waals surface area contributed by atoms with E-state index >= 15 is 0 Å². The van der Waals surface area contributed by atoms with E-state index in [2.05, 4.69) is 32.9 Å². The van der Waals surface area contributed by atoms with Gasteiger partial charge in [-0.1, -0.05) is 84.3 Å². The Hall–Kier alpha value is -0.300. The maximum absolute atomic E-state index is 5.84. The molecule has 0 bridgehead atoms. The highest BCUT2D eigenvalue weighted by Gasteiger charge is 2.04. The van der Waals surface area contributed by atoms with Gasteiger partial charge in [-0.05, 0) is 44.9 Å². The van der Waals surface area contributed by atoms with Crippen LogP contribution in [0.2, 0.25) is 0 Å². The lowest BCUT2D eigenvalue weighted by atomic mass is 10.1. The summed E-state index contributed by atoms with van der Waals surface area (Å²) in [4.78, 5) is 0. The van der Waals surface area contributed by atoms with Crippen LogP contribution in [-0.2, 0) is 4.74 Å². The summed E-state index contributed by atoms with van der Waals surface area (Å²) in [5.41, 5.74) is 0. The zero-order chi connectivity index (χ0) is 17.0. The maximum Gasteiger partial charge on any atom is 0.0572 e. The Labute approximate surface area is 147 Å². The third-order valence-corrected chi connectivity index (χ3v) is 4.55. The summed E-state index contributed by atoms with van der Waals surface area (Å²) in [6, 6.07) is 0. The molecular formula is C22H44O. The Morgan fingerprint density at radius 2 is 1.22 bits per heavy atom. The van der Waals surface area contributed by atoms with Crippen molar-refractivity contribution in [2.75, 3.05) is 6.61 Å². The summed E-state index contributed by atoms with van der Waals surface area (Å²) in [6.07, 6.45) is 25.3. The zero-order valence-electron chi connectivity index (χ0n) is 16.5. The van der Waals surface area contributed by atoms with E-state index in [-0.39, 0.29) is 0 Å². The molecule has 0 saturated heterocycles. The van der Waals surface area contributed by atoms with Crippen LogP contribution in [0.25, 0.3) is 0 Å². The Morgan fingerprint density at radius 1 is 0.652 bits per heavy atom. The van der Waals surface area contributed by atoms with Crippen molar-refractivity contribution >= 4 is 0 Å². The molecule has 1 heteroatoms. The quantitative estimate of drug-likeness (QED) is 0.184. The molecular weight excluding hydrogens is 280 g/mol. The summed E-state index contributed by atoms with van der Waals surface area (Å²) in [5, 5.41) is 0. The highest BCUT2D eigenvalue weighted by Crippen LogP contribution is 2.13. The van der Waals surface area contributed by atoms with Gasteiger partial charge in [-0.25, -0.2) is 0 Å². The third kappa shape index (κ3) is 17.9. The van der Waals surface area contributed by atoms with Crippen LogP contribution >= 0.6 is 0 Å². The number of allylic oxidation sites excluding steroid dienone is 2. The molecule has 0 heterocycles. The van der Waals surface area contributed by atoms with Gasteiger partial charge in [-0.15, -0.1) is 0 Å². The normalized spacial score (nSPS) is 13.0. The van der Waals surface area contributed by atoms with Crippen molar-refractivity contribution in [2.24, 2.45) is 0 Å². The molecule has 0 saturated carbocycles. The molecule has 0 aliphatic carbocycles. The predicted molar refractivity (Wildman–Crippen MR) is 105 cm³/mol. The van der Waals surface area contributed by atoms with Crippen molar-refractivity contribution in [2.45, 2.75) is 123 Å². The topological polar surface area (TPSA) is 9.23 Å². The molecule has 0 aliphatic heterocycles. The van der Waals surface area contributed by atoms with Crippen molar-refractivity contribution in [3.63, 3.8) is 0 Å². The summed E-state index contributed by atoms with van der Waals surface area (Å²) in [7, 11) is 0. The first-order chi connectivity index (χ1) is 11.3. The van der Waals surface area contributed by atoms with Crippen LogP contribution in [0.3, 0.4) is 0 Å². The lowest BCUT2D eigenvalue weighted by molar-refractivity contribution is 0.0436. The number of unbranched alkanes of at least 4 members (excludes halogenated alkanes) is 10. The lowest BCUT2D eigenvalue weighted by Crippen LogP contribution is -2.12. The second-order valence-electron chi connectivity index (χ2n) is 6.92. The van der Waals surface area contributed by atoms with E-state index in [9.17, 15) is 0 Å². The number of hydrogen-bond acceptors (Lipinski definition) is 1. The van der Waals surface area contributed by atoms with Crippen LogP contribution in [-0.4, -0.2) is 12.7 Å². The average Bonchev–Trinajstić information content (AvgIpc) is 2.57. The van der Waals surface area contributed by atoms with Crippen molar-refractivity contribution in [1.82, 2.24) is 0 Å². The molecule has 0 fully saturated rings. The molecule has 0 radical (unpaired) electrons. The monoisotopic (exact) mass is 324 g/mol. The summed E-state index contributed by atoms with van der Waals surface area (Å²) < 4.78 is 5.84. The molecule has 0 aliphatic rings. The van der Waals surface area contributed by atoms with E-state index in [1.807, 2.05) is 0 Å². The van der Waals surface area contributed by atoms with Gasteiger partial charge in [0, 0.05) is 6.61 Å². The molecule has 0 aromatic heterocycles. The van der Waals surface area contributed by atoms with Crippen molar-refractivity contribution in [1.29, 1.82) is 0 Å². The number of ether oxygens (including phenoxy) is 1. The zero-order valence-corrected chi connectivity index (χ0v) is 16.5. The van der Waals surface area contributed by atoms with Crippen LogP contribution < -0.4 is 0 Å². The van der Waals surface area contributed by atoms with Crippen molar-refractivity contribution in [3.8, 4) is 0 Å². The second-order valence-corrected chi connectivity index (χ2v) is 6.92. The van der Waals surface area contributed by atoms with Crippen LogP contribution in [0.15, 0.2) is 12.2 Å². The first-order valence-corrected chi connectivity index (χ1v) is 10.6. The minimum absolute atomic E-state index is 0.507. The Bertz CT molecular complexity index is 234. The van der Waals surface area contributed by atoms with E-state index in [1.54, 1.807) is 0 Å². The van der Waals surface area contributed by atoms with Crippen LogP contribution in [0.1, 0.15) is 117 Å². The second kappa shape index (κ2) is 19.7. The first-order valence-electron chi connectivity index (χ1n) is 10.6. The maximum atomic E-state index is 5.84. The molecule has 0 amide bonds. The fourth-order valence-corrected chi connectivity index (χ4v) is 2.96. The molecule has 0 rings (SSSR count). The number of hydrogen-bond donors (Lipinski definition) is 0. The van der Waals surface area contributed by atoms with Crippen molar-refractivity contribution < 1.29 is 4.74 Å². The summed E-state index contributed by atoms with van der Waals surface area (Å²) in [6.45, 7) is 7.65. The van der Waals surface area contributed by atoms with Crippen LogP contribution in [0.5, 0.6) is 0 Å². The molecule has 1 atom stereocenters. The van der Waals surface area contributed by atoms with Gasteiger partial charge in [0.1, 0.15) is 0 Å². The largest absolute Gasteiger partial charge is 0.378 e. The van der Waals surface area contributed by atoms with Gasteiger partial charge in [0.15, 0.2) is 0 Å². The van der Waals surface area contributed by atoms with E-state index < -0.39 is 0 Å². The molecule has 1 unspecified atom stereocenters. The molecule has 0 aromatic rings. The predicted octanol–water partition coefficient (Wildman–Crippen LogP) is 7.84. The summed E-state index contributed by atoms with van der Waals surface area (Å²) >= 11 is 0. The number of rotatable bonds is 18. The Kier molecular flexibility index (Phi) is 19.5. The van der Waals surface area contributed by atoms with E-state index in [0.29, 0.717) is 6.10 Å². The smallest absolute Gasteiger partial charge is 0.0572 e. The fourth-order valence-electron chi connectivity index (χ4n) is 2.96. The highest BCUT2D eigenvalue weighted by atomic mass is 16.5. The van der Waals surface area contributed by atoms with Crippen LogP contribution in [0.4, 0.5) is 0 Å². The van der Waals surface area contributed by atoms with Gasteiger partial charge >= 0.3 is 0 Å². The SMILES string of the molecule is CCCCCCCC/C=C\CCCCCCC(CC)OCCC. The van der Waals surface area contributed by atoms with E-state index in [0.717, 1.165) is 13.0 Å². The van der Waals surface area contributed by atoms with Gasteiger partial charge in [-0.2, -0.15) is 0 Å². The minimum atomic E-state index is 0.507. The summed E-state index contributed by atoms with van der Waals surface area (Å²) in [5.74, 6) is 0.